The minimum atomic E-state index is -3.62. The number of para-hydroxylation sites is 1. The van der Waals surface area contributed by atoms with Crippen molar-refractivity contribution < 1.29 is 13.2 Å². The van der Waals surface area contributed by atoms with E-state index in [-0.39, 0.29) is 12.1 Å². The van der Waals surface area contributed by atoms with Gasteiger partial charge in [-0.05, 0) is 57.1 Å². The van der Waals surface area contributed by atoms with Crippen molar-refractivity contribution in [3.05, 3.63) is 59.7 Å². The van der Waals surface area contributed by atoms with Crippen LogP contribution in [0, 0.1) is 6.92 Å². The first-order chi connectivity index (χ1) is 14.9. The minimum Gasteiger partial charge on any atom is -0.487 e. The normalized spacial score (nSPS) is 24.0. The van der Waals surface area contributed by atoms with Crippen LogP contribution in [0.5, 0.6) is 5.75 Å². The van der Waals surface area contributed by atoms with E-state index in [4.69, 9.17) is 4.74 Å². The molecule has 0 radical (unpaired) electrons. The fourth-order valence-electron chi connectivity index (χ4n) is 4.58. The number of likely N-dealkylation sites (N-methyl/N-ethyl adjacent to an activating group) is 1. The van der Waals surface area contributed by atoms with Gasteiger partial charge in [0.2, 0.25) is 10.0 Å². The summed E-state index contributed by atoms with van der Waals surface area (Å²) in [6, 6.07) is 15.4. The highest BCUT2D eigenvalue weighted by molar-refractivity contribution is 7.89. The molecule has 1 fully saturated rings. The van der Waals surface area contributed by atoms with Gasteiger partial charge in [-0.25, -0.2) is 8.42 Å². The molecular weight excluding hydrogens is 410 g/mol. The average Bonchev–Trinajstić information content (AvgIpc) is 2.97. The van der Waals surface area contributed by atoms with Crippen molar-refractivity contribution >= 4 is 10.0 Å². The molecule has 1 saturated heterocycles. The molecule has 0 unspecified atom stereocenters. The van der Waals surface area contributed by atoms with Gasteiger partial charge in [-0.15, -0.1) is 0 Å². The molecule has 4 rings (SSSR count). The standard InChI is InChI=1S/C24H33N3O3S/c1-19-8-4-5-9-20(19)18-26-14-12-21-22(13-15-26)30-23-10-6-7-11-24(23)31(28,29)27(21)17-16-25(2)3/h4-11,21-22H,12-18H2,1-3H3/t21-,22-/m1/s1. The average molecular weight is 444 g/mol. The molecule has 2 aliphatic heterocycles. The van der Waals surface area contributed by atoms with Gasteiger partial charge in [0, 0.05) is 32.7 Å². The lowest BCUT2D eigenvalue weighted by Gasteiger charge is -2.32. The smallest absolute Gasteiger partial charge is 0.247 e. The third-order valence-electron chi connectivity index (χ3n) is 6.41. The largest absolute Gasteiger partial charge is 0.487 e. The van der Waals surface area contributed by atoms with Gasteiger partial charge in [-0.2, -0.15) is 4.31 Å². The first-order valence-electron chi connectivity index (χ1n) is 11.1. The number of benzene rings is 2. The van der Waals surface area contributed by atoms with Crippen molar-refractivity contribution in [1.29, 1.82) is 0 Å². The number of aryl methyl sites for hydroxylation is 1. The van der Waals surface area contributed by atoms with Gasteiger partial charge in [0.25, 0.3) is 0 Å². The number of nitrogens with zero attached hydrogens (tertiary/aromatic N) is 3. The lowest BCUT2D eigenvalue weighted by molar-refractivity contribution is 0.110. The van der Waals surface area contributed by atoms with Crippen LogP contribution in [-0.4, -0.2) is 74.9 Å². The fourth-order valence-corrected chi connectivity index (χ4v) is 6.37. The molecule has 31 heavy (non-hydrogen) atoms. The van der Waals surface area contributed by atoms with Gasteiger partial charge < -0.3 is 9.64 Å². The summed E-state index contributed by atoms with van der Waals surface area (Å²) in [6.07, 6.45) is 1.42. The Morgan fingerprint density at radius 3 is 2.52 bits per heavy atom. The summed E-state index contributed by atoms with van der Waals surface area (Å²) in [5.41, 5.74) is 2.62. The number of sulfonamides is 1. The molecule has 0 amide bonds. The Morgan fingerprint density at radius 1 is 1.03 bits per heavy atom. The van der Waals surface area contributed by atoms with E-state index in [1.807, 2.05) is 25.1 Å². The summed E-state index contributed by atoms with van der Waals surface area (Å²) < 4.78 is 35.4. The third-order valence-corrected chi connectivity index (χ3v) is 8.37. The highest BCUT2D eigenvalue weighted by Crippen LogP contribution is 2.36. The molecule has 2 aromatic carbocycles. The first kappa shape index (κ1) is 22.3. The predicted molar refractivity (Wildman–Crippen MR) is 123 cm³/mol. The van der Waals surface area contributed by atoms with Crippen LogP contribution < -0.4 is 4.74 Å². The van der Waals surface area contributed by atoms with E-state index in [1.165, 1.54) is 11.1 Å². The molecule has 2 heterocycles. The summed E-state index contributed by atoms with van der Waals surface area (Å²) in [6.45, 7) is 5.91. The number of rotatable bonds is 5. The van der Waals surface area contributed by atoms with Crippen LogP contribution in [0.25, 0.3) is 0 Å². The van der Waals surface area contributed by atoms with Gasteiger partial charge in [0.1, 0.15) is 16.7 Å². The molecule has 0 spiro atoms. The summed E-state index contributed by atoms with van der Waals surface area (Å²) in [4.78, 5) is 4.75. The highest BCUT2D eigenvalue weighted by Gasteiger charge is 2.43. The van der Waals surface area contributed by atoms with E-state index in [0.717, 1.165) is 32.5 Å². The number of ether oxygens (including phenoxy) is 1. The SMILES string of the molecule is Cc1ccccc1CN1CC[C@@H]2[C@@H](CC1)Oc1ccccc1S(=O)(=O)N2CCN(C)C. The lowest BCUT2D eigenvalue weighted by atomic mass is 10.1. The number of hydrogen-bond donors (Lipinski definition) is 0. The van der Waals surface area contributed by atoms with Crippen LogP contribution in [0.3, 0.4) is 0 Å². The number of hydrogen-bond acceptors (Lipinski definition) is 5. The molecule has 6 nitrogen and oxygen atoms in total. The zero-order valence-corrected chi connectivity index (χ0v) is 19.5. The number of likely N-dealkylation sites (tertiary alicyclic amines) is 1. The van der Waals surface area contributed by atoms with Crippen LogP contribution >= 0.6 is 0 Å². The third kappa shape index (κ3) is 4.80. The van der Waals surface area contributed by atoms with Crippen LogP contribution in [0.15, 0.2) is 53.4 Å². The second kappa shape index (κ2) is 9.28. The van der Waals surface area contributed by atoms with Crippen LogP contribution in [0.2, 0.25) is 0 Å². The second-order valence-electron chi connectivity index (χ2n) is 8.87. The van der Waals surface area contributed by atoms with Crippen LogP contribution in [0.1, 0.15) is 24.0 Å². The molecular formula is C24H33N3O3S. The molecule has 0 N–H and O–H groups in total. The maximum absolute atomic E-state index is 13.6. The van der Waals surface area contributed by atoms with E-state index in [1.54, 1.807) is 22.5 Å². The van der Waals surface area contributed by atoms with Gasteiger partial charge in [0.05, 0.1) is 6.04 Å². The van der Waals surface area contributed by atoms with Gasteiger partial charge in [-0.3, -0.25) is 4.90 Å². The molecule has 7 heteroatoms. The van der Waals surface area contributed by atoms with E-state index in [9.17, 15) is 8.42 Å². The molecule has 2 aromatic rings. The summed E-state index contributed by atoms with van der Waals surface area (Å²) in [7, 11) is 0.330. The Labute approximate surface area is 186 Å². The minimum absolute atomic E-state index is 0.151. The molecule has 0 saturated carbocycles. The Bertz CT molecular complexity index is 1010. The fraction of sp³-hybridized carbons (Fsp3) is 0.500. The maximum Gasteiger partial charge on any atom is 0.247 e. The Morgan fingerprint density at radius 2 is 1.74 bits per heavy atom. The molecule has 0 aliphatic carbocycles. The Kier molecular flexibility index (Phi) is 6.67. The van der Waals surface area contributed by atoms with Crippen molar-refractivity contribution in [1.82, 2.24) is 14.1 Å². The van der Waals surface area contributed by atoms with Crippen molar-refractivity contribution in [3.8, 4) is 5.75 Å². The van der Waals surface area contributed by atoms with Crippen LogP contribution in [-0.2, 0) is 16.6 Å². The van der Waals surface area contributed by atoms with Gasteiger partial charge in [0.15, 0.2) is 0 Å². The first-order valence-corrected chi connectivity index (χ1v) is 12.5. The predicted octanol–water partition coefficient (Wildman–Crippen LogP) is 2.97. The topological polar surface area (TPSA) is 53.1 Å². The lowest BCUT2D eigenvalue weighted by Crippen LogP contribution is -2.49. The Hall–Kier alpha value is -1.93. The summed E-state index contributed by atoms with van der Waals surface area (Å²) >= 11 is 0. The van der Waals surface area contributed by atoms with Crippen molar-refractivity contribution in [2.24, 2.45) is 0 Å². The summed E-state index contributed by atoms with van der Waals surface area (Å²) in [5, 5.41) is 0. The zero-order valence-electron chi connectivity index (χ0n) is 18.7. The summed E-state index contributed by atoms with van der Waals surface area (Å²) in [5.74, 6) is 0.484. The van der Waals surface area contributed by atoms with Crippen LogP contribution in [0.4, 0.5) is 0 Å². The van der Waals surface area contributed by atoms with Gasteiger partial charge in [-0.1, -0.05) is 36.4 Å². The molecule has 0 bridgehead atoms. The van der Waals surface area contributed by atoms with Gasteiger partial charge >= 0.3 is 0 Å². The van der Waals surface area contributed by atoms with E-state index in [0.29, 0.717) is 23.7 Å². The highest BCUT2D eigenvalue weighted by atomic mass is 32.2. The second-order valence-corrected chi connectivity index (χ2v) is 10.7. The van der Waals surface area contributed by atoms with Crippen molar-refractivity contribution in [2.75, 3.05) is 40.3 Å². The monoisotopic (exact) mass is 443 g/mol. The van der Waals surface area contributed by atoms with Crippen molar-refractivity contribution in [2.45, 2.75) is 43.4 Å². The number of fused-ring (bicyclic) bond motifs is 2. The molecule has 2 atom stereocenters. The molecule has 0 aromatic heterocycles. The van der Waals surface area contributed by atoms with Crippen molar-refractivity contribution in [3.63, 3.8) is 0 Å². The molecule has 168 valence electrons. The van der Waals surface area contributed by atoms with E-state index < -0.39 is 10.0 Å². The van der Waals surface area contributed by atoms with E-state index in [2.05, 4.69) is 36.1 Å². The quantitative estimate of drug-likeness (QED) is 0.711. The zero-order chi connectivity index (χ0) is 22.0. The van der Waals surface area contributed by atoms with E-state index >= 15 is 0 Å². The Balaban J connectivity index is 1.62. The maximum atomic E-state index is 13.6. The molecule has 2 aliphatic rings.